The molecule has 0 radical (unpaired) electrons. The Kier molecular flexibility index (Phi) is 4.93. The van der Waals surface area contributed by atoms with Crippen LogP contribution in [0.4, 0.5) is 5.69 Å². The summed E-state index contributed by atoms with van der Waals surface area (Å²) in [7, 11) is 4.21. The minimum absolute atomic E-state index is 0.0909. The van der Waals surface area contributed by atoms with Gasteiger partial charge in [0.05, 0.1) is 14.1 Å². The standard InChI is InChI=1S/C16H17BrN2O/c1-19(2)11-12-6-8-13(9-7-12)16(20)18-15-5-3-4-14(17)10-15/h3-10H,11H2,1-2H3,(H,18,20)/p+1. The smallest absolute Gasteiger partial charge is 0.255 e. The van der Waals surface area contributed by atoms with Gasteiger partial charge in [-0.2, -0.15) is 0 Å². The van der Waals surface area contributed by atoms with Gasteiger partial charge >= 0.3 is 0 Å². The molecule has 0 heterocycles. The fourth-order valence-electron chi connectivity index (χ4n) is 1.95. The van der Waals surface area contributed by atoms with E-state index in [1.807, 2.05) is 48.5 Å². The largest absolute Gasteiger partial charge is 0.336 e. The predicted molar refractivity (Wildman–Crippen MR) is 85.1 cm³/mol. The van der Waals surface area contributed by atoms with Gasteiger partial charge in [0.25, 0.3) is 5.91 Å². The topological polar surface area (TPSA) is 33.5 Å². The number of anilines is 1. The maximum Gasteiger partial charge on any atom is 0.255 e. The van der Waals surface area contributed by atoms with E-state index < -0.39 is 0 Å². The van der Waals surface area contributed by atoms with E-state index in [1.54, 1.807) is 0 Å². The highest BCUT2D eigenvalue weighted by Gasteiger charge is 2.07. The van der Waals surface area contributed by atoms with Crippen LogP contribution in [0.15, 0.2) is 53.0 Å². The van der Waals surface area contributed by atoms with Crippen LogP contribution >= 0.6 is 15.9 Å². The second kappa shape index (κ2) is 6.68. The number of benzene rings is 2. The van der Waals surface area contributed by atoms with Crippen molar-refractivity contribution in [1.29, 1.82) is 0 Å². The van der Waals surface area contributed by atoms with Crippen molar-refractivity contribution in [3.05, 3.63) is 64.1 Å². The van der Waals surface area contributed by atoms with Crippen molar-refractivity contribution in [1.82, 2.24) is 0 Å². The molecule has 0 aliphatic carbocycles. The molecule has 0 aromatic heterocycles. The molecule has 4 heteroatoms. The van der Waals surface area contributed by atoms with E-state index in [9.17, 15) is 4.79 Å². The minimum atomic E-state index is -0.0909. The molecule has 0 saturated carbocycles. The number of amides is 1. The first kappa shape index (κ1) is 14.8. The molecule has 0 saturated heterocycles. The highest BCUT2D eigenvalue weighted by Crippen LogP contribution is 2.16. The highest BCUT2D eigenvalue weighted by atomic mass is 79.9. The van der Waals surface area contributed by atoms with E-state index in [0.717, 1.165) is 16.7 Å². The van der Waals surface area contributed by atoms with Gasteiger partial charge in [-0.25, -0.2) is 0 Å². The molecule has 0 aliphatic heterocycles. The molecule has 0 spiro atoms. The molecule has 0 aliphatic rings. The molecular weight excluding hydrogens is 316 g/mol. The van der Waals surface area contributed by atoms with Gasteiger partial charge in [-0.1, -0.05) is 34.1 Å². The fraction of sp³-hybridized carbons (Fsp3) is 0.188. The summed E-state index contributed by atoms with van der Waals surface area (Å²) < 4.78 is 0.944. The van der Waals surface area contributed by atoms with Gasteiger partial charge < -0.3 is 10.2 Å². The summed E-state index contributed by atoms with van der Waals surface area (Å²) in [6.07, 6.45) is 0. The summed E-state index contributed by atoms with van der Waals surface area (Å²) in [6.45, 7) is 0.952. The Hall–Kier alpha value is -1.65. The third-order valence-electron chi connectivity index (χ3n) is 2.86. The summed E-state index contributed by atoms with van der Waals surface area (Å²) >= 11 is 3.39. The van der Waals surface area contributed by atoms with E-state index in [1.165, 1.54) is 10.5 Å². The number of hydrogen-bond donors (Lipinski definition) is 2. The van der Waals surface area contributed by atoms with Gasteiger partial charge in [0, 0.05) is 21.3 Å². The Bertz CT molecular complexity index is 594. The third-order valence-corrected chi connectivity index (χ3v) is 3.35. The number of rotatable bonds is 4. The molecule has 0 bridgehead atoms. The van der Waals surface area contributed by atoms with Crippen LogP contribution in [-0.2, 0) is 6.54 Å². The van der Waals surface area contributed by atoms with Gasteiger partial charge in [-0.15, -0.1) is 0 Å². The molecule has 2 rings (SSSR count). The molecule has 104 valence electrons. The SMILES string of the molecule is C[NH+](C)Cc1ccc(C(=O)Nc2cccc(Br)c2)cc1. The summed E-state index contributed by atoms with van der Waals surface area (Å²) in [4.78, 5) is 13.5. The van der Waals surface area contributed by atoms with Crippen LogP contribution in [0.1, 0.15) is 15.9 Å². The summed E-state index contributed by atoms with van der Waals surface area (Å²) in [5, 5.41) is 2.89. The van der Waals surface area contributed by atoms with Gasteiger partial charge in [0.2, 0.25) is 0 Å². The van der Waals surface area contributed by atoms with Crippen LogP contribution in [0, 0.1) is 0 Å². The van der Waals surface area contributed by atoms with Crippen LogP contribution in [-0.4, -0.2) is 20.0 Å². The Morgan fingerprint density at radius 2 is 1.85 bits per heavy atom. The maximum atomic E-state index is 12.1. The second-order valence-electron chi connectivity index (χ2n) is 5.05. The van der Waals surface area contributed by atoms with Crippen LogP contribution in [0.5, 0.6) is 0 Å². The Labute approximate surface area is 127 Å². The lowest BCUT2D eigenvalue weighted by Crippen LogP contribution is -3.04. The summed E-state index contributed by atoms with van der Waals surface area (Å²) in [6, 6.07) is 15.3. The molecular formula is C16H18BrN2O+. The highest BCUT2D eigenvalue weighted by molar-refractivity contribution is 9.10. The Morgan fingerprint density at radius 1 is 1.15 bits per heavy atom. The number of carbonyl (C=O) groups excluding carboxylic acids is 1. The van der Waals surface area contributed by atoms with Crippen molar-refractivity contribution in [3.8, 4) is 0 Å². The Balaban J connectivity index is 2.06. The first-order valence-electron chi connectivity index (χ1n) is 6.49. The second-order valence-corrected chi connectivity index (χ2v) is 5.96. The molecule has 1 amide bonds. The minimum Gasteiger partial charge on any atom is -0.336 e. The first-order chi connectivity index (χ1) is 9.54. The van der Waals surface area contributed by atoms with Crippen molar-refractivity contribution in [3.63, 3.8) is 0 Å². The monoisotopic (exact) mass is 333 g/mol. The normalized spacial score (nSPS) is 10.6. The number of hydrogen-bond acceptors (Lipinski definition) is 1. The molecule has 0 unspecified atom stereocenters. The van der Waals surface area contributed by atoms with Crippen molar-refractivity contribution >= 4 is 27.5 Å². The third kappa shape index (κ3) is 4.18. The lowest BCUT2D eigenvalue weighted by Gasteiger charge is -2.08. The van der Waals surface area contributed by atoms with Gasteiger partial charge in [0.1, 0.15) is 6.54 Å². The molecule has 2 N–H and O–H groups in total. The van der Waals surface area contributed by atoms with Crippen molar-refractivity contribution < 1.29 is 9.69 Å². The molecule has 2 aromatic carbocycles. The van der Waals surface area contributed by atoms with Gasteiger partial charge in [-0.3, -0.25) is 4.79 Å². The maximum absolute atomic E-state index is 12.1. The summed E-state index contributed by atoms with van der Waals surface area (Å²) in [5.41, 5.74) is 2.68. The zero-order chi connectivity index (χ0) is 14.5. The lowest BCUT2D eigenvalue weighted by atomic mass is 10.1. The number of nitrogens with one attached hydrogen (secondary N) is 2. The zero-order valence-corrected chi connectivity index (χ0v) is 13.2. The number of carbonyl (C=O) groups is 1. The van der Waals surface area contributed by atoms with Crippen molar-refractivity contribution in [2.24, 2.45) is 0 Å². The average Bonchev–Trinajstić information content (AvgIpc) is 2.38. The van der Waals surface area contributed by atoms with E-state index >= 15 is 0 Å². The number of halogens is 1. The van der Waals surface area contributed by atoms with E-state index in [4.69, 9.17) is 0 Å². The van der Waals surface area contributed by atoms with Crippen LogP contribution in [0.25, 0.3) is 0 Å². The van der Waals surface area contributed by atoms with Crippen molar-refractivity contribution in [2.45, 2.75) is 6.54 Å². The first-order valence-corrected chi connectivity index (χ1v) is 7.29. The summed E-state index contributed by atoms with van der Waals surface area (Å²) in [5.74, 6) is -0.0909. The predicted octanol–water partition coefficient (Wildman–Crippen LogP) is 2.35. The Morgan fingerprint density at radius 3 is 2.45 bits per heavy atom. The van der Waals surface area contributed by atoms with Gasteiger partial charge in [-0.05, 0) is 30.3 Å². The van der Waals surface area contributed by atoms with E-state index in [-0.39, 0.29) is 5.91 Å². The van der Waals surface area contributed by atoms with Gasteiger partial charge in [0.15, 0.2) is 0 Å². The lowest BCUT2D eigenvalue weighted by molar-refractivity contribution is -0.872. The zero-order valence-electron chi connectivity index (χ0n) is 11.6. The molecule has 2 aromatic rings. The molecule has 3 nitrogen and oxygen atoms in total. The van der Waals surface area contributed by atoms with Crippen LogP contribution in [0.3, 0.4) is 0 Å². The van der Waals surface area contributed by atoms with Crippen LogP contribution < -0.4 is 10.2 Å². The number of quaternary nitrogens is 1. The molecule has 0 atom stereocenters. The van der Waals surface area contributed by atoms with E-state index in [2.05, 4.69) is 35.3 Å². The van der Waals surface area contributed by atoms with Crippen molar-refractivity contribution in [2.75, 3.05) is 19.4 Å². The molecule has 0 fully saturated rings. The average molecular weight is 334 g/mol. The quantitative estimate of drug-likeness (QED) is 0.884. The van der Waals surface area contributed by atoms with Crippen LogP contribution in [0.2, 0.25) is 0 Å². The fourth-order valence-corrected chi connectivity index (χ4v) is 2.35. The van der Waals surface area contributed by atoms with E-state index in [0.29, 0.717) is 5.56 Å². The molecule has 20 heavy (non-hydrogen) atoms.